The van der Waals surface area contributed by atoms with Crippen molar-refractivity contribution in [3.63, 3.8) is 0 Å². The molecule has 4 rings (SSSR count). The molecule has 152 valence electrons. The van der Waals surface area contributed by atoms with Gasteiger partial charge in [0, 0.05) is 36.4 Å². The second-order valence-corrected chi connectivity index (χ2v) is 7.84. The van der Waals surface area contributed by atoms with Crippen LogP contribution in [0.4, 0.5) is 5.82 Å². The second-order valence-electron chi connectivity index (χ2n) is 7.84. The third kappa shape index (κ3) is 4.49. The molecule has 6 nitrogen and oxygen atoms in total. The summed E-state index contributed by atoms with van der Waals surface area (Å²) in [6, 6.07) is 19.8. The van der Waals surface area contributed by atoms with Crippen molar-refractivity contribution in [1.82, 2.24) is 15.1 Å². The van der Waals surface area contributed by atoms with E-state index in [9.17, 15) is 0 Å². The van der Waals surface area contributed by atoms with E-state index in [0.717, 1.165) is 16.8 Å². The third-order valence-corrected chi connectivity index (χ3v) is 4.98. The molecule has 0 radical (unpaired) electrons. The summed E-state index contributed by atoms with van der Waals surface area (Å²) in [5.41, 5.74) is 9.59. The van der Waals surface area contributed by atoms with Gasteiger partial charge >= 0.3 is 0 Å². The first-order valence-electron chi connectivity index (χ1n) is 9.81. The van der Waals surface area contributed by atoms with Gasteiger partial charge in [0.2, 0.25) is 5.88 Å². The number of hydrogen-bond donors (Lipinski definition) is 1. The van der Waals surface area contributed by atoms with Gasteiger partial charge in [-0.15, -0.1) is 0 Å². The van der Waals surface area contributed by atoms with Gasteiger partial charge < -0.3 is 15.0 Å². The van der Waals surface area contributed by atoms with Crippen LogP contribution in [0.5, 0.6) is 5.88 Å². The van der Waals surface area contributed by atoms with Crippen LogP contribution >= 0.6 is 0 Å². The third-order valence-electron chi connectivity index (χ3n) is 4.98. The summed E-state index contributed by atoms with van der Waals surface area (Å²) in [6.45, 7) is 4.87. The molecular formula is C24H24N4O2. The highest BCUT2D eigenvalue weighted by Crippen LogP contribution is 2.26. The van der Waals surface area contributed by atoms with Gasteiger partial charge in [0.1, 0.15) is 5.82 Å². The summed E-state index contributed by atoms with van der Waals surface area (Å²) < 4.78 is 11.4. The fourth-order valence-corrected chi connectivity index (χ4v) is 3.18. The number of benzene rings is 1. The lowest BCUT2D eigenvalue weighted by atomic mass is 9.86. The van der Waals surface area contributed by atoms with Crippen LogP contribution < -0.4 is 10.5 Å². The molecule has 30 heavy (non-hydrogen) atoms. The minimum absolute atomic E-state index is 0.104. The first-order chi connectivity index (χ1) is 14.5. The summed E-state index contributed by atoms with van der Waals surface area (Å²) in [5.74, 6) is 1.63. The van der Waals surface area contributed by atoms with Crippen molar-refractivity contribution in [2.24, 2.45) is 0 Å². The van der Waals surface area contributed by atoms with E-state index in [4.69, 9.17) is 15.0 Å². The van der Waals surface area contributed by atoms with Crippen LogP contribution in [-0.2, 0) is 11.8 Å². The Morgan fingerprint density at radius 1 is 1.00 bits per heavy atom. The van der Waals surface area contributed by atoms with Crippen molar-refractivity contribution in [2.45, 2.75) is 25.7 Å². The minimum atomic E-state index is -0.104. The molecule has 0 saturated carbocycles. The average molecular weight is 400 g/mol. The molecule has 1 aromatic carbocycles. The molecule has 0 unspecified atom stereocenters. The van der Waals surface area contributed by atoms with E-state index >= 15 is 0 Å². The van der Waals surface area contributed by atoms with Gasteiger partial charge in [0.05, 0.1) is 17.9 Å². The molecule has 3 aromatic heterocycles. The highest BCUT2D eigenvalue weighted by Gasteiger charge is 2.21. The maximum Gasteiger partial charge on any atom is 0.213 e. The lowest BCUT2D eigenvalue weighted by Gasteiger charge is -2.25. The zero-order valence-electron chi connectivity index (χ0n) is 17.1. The summed E-state index contributed by atoms with van der Waals surface area (Å²) in [6.07, 6.45) is 4.05. The van der Waals surface area contributed by atoms with Gasteiger partial charge in [-0.3, -0.25) is 0 Å². The largest absolute Gasteiger partial charge is 0.477 e. The molecule has 3 heterocycles. The van der Waals surface area contributed by atoms with Gasteiger partial charge in [-0.05, 0) is 23.3 Å². The smallest absolute Gasteiger partial charge is 0.213 e. The molecule has 6 heteroatoms. The Morgan fingerprint density at radius 3 is 2.57 bits per heavy atom. The second kappa shape index (κ2) is 8.37. The van der Waals surface area contributed by atoms with E-state index < -0.39 is 0 Å². The van der Waals surface area contributed by atoms with E-state index in [2.05, 4.69) is 41.1 Å². The van der Waals surface area contributed by atoms with Crippen molar-refractivity contribution in [3.8, 4) is 17.2 Å². The number of hydrogen-bond acceptors (Lipinski definition) is 6. The zero-order valence-corrected chi connectivity index (χ0v) is 17.1. The predicted molar refractivity (Wildman–Crippen MR) is 116 cm³/mol. The number of nitrogens with zero attached hydrogens (tertiary/aromatic N) is 3. The van der Waals surface area contributed by atoms with Crippen LogP contribution in [0.25, 0.3) is 11.3 Å². The van der Waals surface area contributed by atoms with Crippen LogP contribution in [0.3, 0.4) is 0 Å². The lowest BCUT2D eigenvalue weighted by molar-refractivity contribution is 0.232. The highest BCUT2D eigenvalue weighted by atomic mass is 16.5. The van der Waals surface area contributed by atoms with Crippen molar-refractivity contribution in [2.75, 3.05) is 12.3 Å². The van der Waals surface area contributed by atoms with Crippen LogP contribution in [-0.4, -0.2) is 21.7 Å². The lowest BCUT2D eigenvalue weighted by Crippen LogP contribution is -2.26. The maximum atomic E-state index is 5.94. The first-order valence-corrected chi connectivity index (χ1v) is 9.81. The highest BCUT2D eigenvalue weighted by molar-refractivity contribution is 5.69. The molecular weight excluding hydrogens is 376 g/mol. The van der Waals surface area contributed by atoms with Crippen LogP contribution in [0.15, 0.2) is 77.6 Å². The summed E-state index contributed by atoms with van der Waals surface area (Å²) >= 11 is 0. The maximum absolute atomic E-state index is 5.94. The summed E-state index contributed by atoms with van der Waals surface area (Å²) in [7, 11) is 0. The van der Waals surface area contributed by atoms with Crippen LogP contribution in [0.2, 0.25) is 0 Å². The van der Waals surface area contributed by atoms with Crippen LogP contribution in [0, 0.1) is 0 Å². The summed E-state index contributed by atoms with van der Waals surface area (Å²) in [4.78, 5) is 8.52. The molecule has 0 bridgehead atoms. The monoisotopic (exact) mass is 400 g/mol. The fourth-order valence-electron chi connectivity index (χ4n) is 3.18. The van der Waals surface area contributed by atoms with E-state index in [0.29, 0.717) is 30.5 Å². The number of ether oxygens (including phenoxy) is 1. The molecule has 2 N–H and O–H groups in total. The van der Waals surface area contributed by atoms with Gasteiger partial charge in [-0.1, -0.05) is 55.4 Å². The number of anilines is 1. The van der Waals surface area contributed by atoms with Gasteiger partial charge in [-0.2, -0.15) is 0 Å². The van der Waals surface area contributed by atoms with Gasteiger partial charge in [-0.25, -0.2) is 9.97 Å². The van der Waals surface area contributed by atoms with Crippen molar-refractivity contribution >= 4 is 5.82 Å². The number of aromatic nitrogens is 3. The van der Waals surface area contributed by atoms with Crippen LogP contribution in [0.1, 0.15) is 30.7 Å². The Bertz CT molecular complexity index is 1110. The molecule has 0 fully saturated rings. The molecule has 0 aliphatic heterocycles. The number of pyridine rings is 2. The van der Waals surface area contributed by atoms with Gasteiger partial charge in [0.15, 0.2) is 5.76 Å². The molecule has 0 aliphatic rings. The number of nitrogen functional groups attached to an aromatic ring is 1. The topological polar surface area (TPSA) is 87.1 Å². The predicted octanol–water partition coefficient (Wildman–Crippen LogP) is 4.66. The summed E-state index contributed by atoms with van der Waals surface area (Å²) in [5, 5.41) is 4.14. The quantitative estimate of drug-likeness (QED) is 0.485. The normalized spacial score (nSPS) is 11.4. The Kier molecular flexibility index (Phi) is 5.48. The van der Waals surface area contributed by atoms with Gasteiger partial charge in [0.25, 0.3) is 0 Å². The SMILES string of the molecule is CC(C)(COc1ccc(Cc2cc(-c3cccnc3N)on2)cn1)c1ccccc1. The van der Waals surface area contributed by atoms with Crippen molar-refractivity contribution in [3.05, 3.63) is 89.9 Å². The molecule has 4 aromatic rings. The zero-order chi connectivity index (χ0) is 21.0. The van der Waals surface area contributed by atoms with E-state index in [-0.39, 0.29) is 5.41 Å². The number of nitrogens with two attached hydrogens (primary N) is 1. The molecule has 0 atom stereocenters. The Labute approximate surface area is 175 Å². The molecule has 0 saturated heterocycles. The van der Waals surface area contributed by atoms with Crippen molar-refractivity contribution in [1.29, 1.82) is 0 Å². The molecule has 0 aliphatic carbocycles. The van der Waals surface area contributed by atoms with E-state index in [1.165, 1.54) is 5.56 Å². The Hall–Kier alpha value is -3.67. The minimum Gasteiger partial charge on any atom is -0.477 e. The van der Waals surface area contributed by atoms with E-state index in [1.54, 1.807) is 12.4 Å². The Morgan fingerprint density at radius 2 is 1.83 bits per heavy atom. The van der Waals surface area contributed by atoms with Crippen molar-refractivity contribution < 1.29 is 9.26 Å². The molecule has 0 amide bonds. The Balaban J connectivity index is 1.38. The molecule has 0 spiro atoms. The standard InChI is InChI=1S/C24H24N4O2/c1-24(2,18-7-4-3-5-8-18)16-29-22-11-10-17(15-27-22)13-19-14-21(30-28-19)20-9-6-12-26-23(20)25/h3-12,14-15H,13,16H2,1-2H3,(H2,25,26). The fraction of sp³-hybridized carbons (Fsp3) is 0.208. The first kappa shape index (κ1) is 19.6. The average Bonchev–Trinajstić information content (AvgIpc) is 3.22. The van der Waals surface area contributed by atoms with E-state index in [1.807, 2.05) is 48.5 Å². The number of rotatable bonds is 7.